The van der Waals surface area contributed by atoms with Crippen LogP contribution < -0.4 is 0 Å². The van der Waals surface area contributed by atoms with Gasteiger partial charge in [-0.05, 0) is 6.42 Å². The minimum atomic E-state index is -3.74. The Bertz CT molecular complexity index is 194. The van der Waals surface area contributed by atoms with E-state index in [1.807, 2.05) is 0 Å². The Morgan fingerprint density at radius 2 is 1.12 bits per heavy atom. The van der Waals surface area contributed by atoms with Crippen LogP contribution in [0.4, 0.5) is 0 Å². The van der Waals surface area contributed by atoms with Crippen LogP contribution in [0.25, 0.3) is 0 Å². The van der Waals surface area contributed by atoms with Crippen molar-refractivity contribution in [3.8, 4) is 0 Å². The molecule has 0 atom stereocenters. The second kappa shape index (κ2) is 13.6. The van der Waals surface area contributed by atoms with Crippen LogP contribution in [-0.4, -0.2) is 45.5 Å². The van der Waals surface area contributed by atoms with Crippen LogP contribution in [0, 0.1) is 0 Å². The van der Waals surface area contributed by atoms with Crippen molar-refractivity contribution in [1.29, 1.82) is 0 Å². The summed E-state index contributed by atoms with van der Waals surface area (Å²) < 4.78 is 10.6. The predicted octanol–water partition coefficient (Wildman–Crippen LogP) is 3.70. The topological polar surface area (TPSA) is 57.5 Å². The quantitative estimate of drug-likeness (QED) is 0.343. The largest absolute Gasteiger partial charge is 0.325 e. The molecule has 0 bridgehead atoms. The van der Waals surface area contributed by atoms with E-state index in [2.05, 4.69) is 6.92 Å². The summed E-state index contributed by atoms with van der Waals surface area (Å²) in [6.45, 7) is 2.22. The maximum atomic E-state index is 10.6. The first kappa shape index (κ1) is 20.5. The van der Waals surface area contributed by atoms with Crippen LogP contribution in [0.3, 0.4) is 0 Å². The minimum absolute atomic E-state index is 0. The van der Waals surface area contributed by atoms with Gasteiger partial charge in [-0.25, -0.2) is 0 Å². The summed E-state index contributed by atoms with van der Waals surface area (Å²) in [5.74, 6) is 0. The van der Waals surface area contributed by atoms with Gasteiger partial charge in [0, 0.05) is 35.7 Å². The maximum absolute atomic E-state index is 10.6. The van der Waals surface area contributed by atoms with E-state index in [1.165, 1.54) is 44.9 Å². The van der Waals surface area contributed by atoms with E-state index >= 15 is 0 Å². The van der Waals surface area contributed by atoms with Gasteiger partial charge < -0.3 is 9.79 Å². The van der Waals surface area contributed by atoms with E-state index < -0.39 is 7.60 Å². The summed E-state index contributed by atoms with van der Waals surface area (Å²) >= 11 is 0. The van der Waals surface area contributed by atoms with Crippen molar-refractivity contribution in [2.24, 2.45) is 0 Å². The first-order valence-corrected chi connectivity index (χ1v) is 8.40. The molecule has 0 aromatic heterocycles. The third kappa shape index (κ3) is 19.7. The fraction of sp³-hybridized carbons (Fsp3) is 1.00. The molecular weight excluding hydrogens is 246 g/mol. The van der Waals surface area contributed by atoms with Gasteiger partial charge in [-0.3, -0.25) is 4.57 Å². The Morgan fingerprint density at radius 3 is 1.47 bits per heavy atom. The Balaban J connectivity index is 0. The van der Waals surface area contributed by atoms with E-state index in [9.17, 15) is 4.57 Å². The Kier molecular flexibility index (Phi) is 16.3. The summed E-state index contributed by atoms with van der Waals surface area (Å²) in [5.41, 5.74) is 0. The van der Waals surface area contributed by atoms with Crippen molar-refractivity contribution in [2.45, 2.75) is 71.1 Å². The molecule has 0 aromatic rings. The molecule has 17 heavy (non-hydrogen) atoms. The predicted molar refractivity (Wildman–Crippen MR) is 74.5 cm³/mol. The van der Waals surface area contributed by atoms with E-state index in [0.717, 1.165) is 12.8 Å². The van der Waals surface area contributed by atoms with Gasteiger partial charge in [0.1, 0.15) is 0 Å². The summed E-state index contributed by atoms with van der Waals surface area (Å²) in [6, 6.07) is 0. The van der Waals surface area contributed by atoms with E-state index in [-0.39, 0.29) is 35.7 Å². The smallest absolute Gasteiger partial charge is 0.324 e. The molecule has 0 spiro atoms. The van der Waals surface area contributed by atoms with Gasteiger partial charge in [0.25, 0.3) is 0 Å². The molecule has 0 amide bonds. The molecule has 2 N–H and O–H groups in total. The van der Waals surface area contributed by atoms with Crippen LogP contribution in [0.1, 0.15) is 71.1 Å². The molecule has 0 heterocycles. The van der Waals surface area contributed by atoms with Crippen molar-refractivity contribution >= 4 is 37.2 Å². The molecule has 0 fully saturated rings. The number of hydrogen-bond acceptors (Lipinski definition) is 1. The van der Waals surface area contributed by atoms with E-state index in [1.54, 1.807) is 0 Å². The molecule has 0 rings (SSSR count). The first-order chi connectivity index (χ1) is 7.56. The molecular formula is C12H27NaO3P. The summed E-state index contributed by atoms with van der Waals surface area (Å²) in [6.07, 6.45) is 12.0. The van der Waals surface area contributed by atoms with Gasteiger partial charge in [-0.1, -0.05) is 64.7 Å². The van der Waals surface area contributed by atoms with E-state index in [4.69, 9.17) is 9.79 Å². The fourth-order valence-corrected chi connectivity index (χ4v) is 2.44. The fourth-order valence-electron chi connectivity index (χ4n) is 1.81. The van der Waals surface area contributed by atoms with Gasteiger partial charge in [-0.2, -0.15) is 0 Å². The molecule has 0 aliphatic carbocycles. The maximum Gasteiger partial charge on any atom is 0.325 e. The average molecular weight is 273 g/mol. The molecule has 0 aliphatic heterocycles. The molecule has 5 heteroatoms. The van der Waals surface area contributed by atoms with Crippen LogP contribution in [0.5, 0.6) is 0 Å². The van der Waals surface area contributed by atoms with Crippen molar-refractivity contribution in [3.05, 3.63) is 0 Å². The molecule has 3 nitrogen and oxygen atoms in total. The zero-order valence-corrected chi connectivity index (χ0v) is 14.4. The zero-order chi connectivity index (χ0) is 12.3. The zero-order valence-electron chi connectivity index (χ0n) is 11.5. The Hall–Kier alpha value is 1.15. The Morgan fingerprint density at radius 1 is 0.765 bits per heavy atom. The summed E-state index contributed by atoms with van der Waals surface area (Å²) in [4.78, 5) is 17.3. The second-order valence-electron chi connectivity index (χ2n) is 4.57. The van der Waals surface area contributed by atoms with Crippen LogP contribution >= 0.6 is 7.60 Å². The molecule has 0 aliphatic rings. The molecule has 0 unspecified atom stereocenters. The third-order valence-corrected chi connectivity index (χ3v) is 3.70. The second-order valence-corrected chi connectivity index (χ2v) is 6.35. The average Bonchev–Trinajstić information content (AvgIpc) is 2.19. The van der Waals surface area contributed by atoms with Crippen molar-refractivity contribution < 1.29 is 14.4 Å². The van der Waals surface area contributed by atoms with Crippen molar-refractivity contribution in [2.75, 3.05) is 6.16 Å². The van der Waals surface area contributed by atoms with Gasteiger partial charge in [0.2, 0.25) is 0 Å². The van der Waals surface area contributed by atoms with E-state index in [0.29, 0.717) is 6.42 Å². The van der Waals surface area contributed by atoms with Gasteiger partial charge >= 0.3 is 7.60 Å². The Labute approximate surface area is 128 Å². The molecule has 0 saturated carbocycles. The van der Waals surface area contributed by atoms with Gasteiger partial charge in [-0.15, -0.1) is 0 Å². The number of hydrogen-bond donors (Lipinski definition) is 2. The normalized spacial score (nSPS) is 11.2. The summed E-state index contributed by atoms with van der Waals surface area (Å²) in [5, 5.41) is 0. The molecule has 0 aromatic carbocycles. The van der Waals surface area contributed by atoms with Crippen LogP contribution in [-0.2, 0) is 4.57 Å². The first-order valence-electron chi connectivity index (χ1n) is 6.61. The van der Waals surface area contributed by atoms with Gasteiger partial charge in [0.05, 0.1) is 0 Å². The minimum Gasteiger partial charge on any atom is -0.324 e. The summed E-state index contributed by atoms with van der Waals surface area (Å²) in [7, 11) is -3.74. The SMILES string of the molecule is CCCCCCCCCCCCP(=O)(O)O.[Na]. The van der Waals surface area contributed by atoms with Crippen molar-refractivity contribution in [1.82, 2.24) is 0 Å². The van der Waals surface area contributed by atoms with Crippen LogP contribution in [0.15, 0.2) is 0 Å². The third-order valence-electron chi connectivity index (χ3n) is 2.80. The molecule has 0 saturated heterocycles. The molecule has 1 radical (unpaired) electrons. The molecule has 99 valence electrons. The number of rotatable bonds is 11. The number of unbranched alkanes of at least 4 members (excludes halogenated alkanes) is 9. The van der Waals surface area contributed by atoms with Crippen molar-refractivity contribution in [3.63, 3.8) is 0 Å². The van der Waals surface area contributed by atoms with Gasteiger partial charge in [0.15, 0.2) is 0 Å². The standard InChI is InChI=1S/C12H27O3P.Na/c1-2-3-4-5-6-7-8-9-10-11-12-16(13,14)15;/h2-12H2,1H3,(H2,13,14,15);. The monoisotopic (exact) mass is 273 g/mol. The van der Waals surface area contributed by atoms with Crippen LogP contribution in [0.2, 0.25) is 0 Å².